The molecule has 5 nitrogen and oxygen atoms in total. The van der Waals surface area contributed by atoms with Gasteiger partial charge >= 0.3 is 8.80 Å². The van der Waals surface area contributed by atoms with Gasteiger partial charge in [0.15, 0.2) is 11.5 Å². The van der Waals surface area contributed by atoms with Gasteiger partial charge in [0.2, 0.25) is 6.79 Å². The summed E-state index contributed by atoms with van der Waals surface area (Å²) < 4.78 is 28.3. The molecule has 1 aliphatic heterocycles. The zero-order chi connectivity index (χ0) is 13.7. The van der Waals surface area contributed by atoms with Crippen molar-refractivity contribution in [3.8, 4) is 11.5 Å². The van der Waals surface area contributed by atoms with Crippen LogP contribution >= 0.6 is 0 Å². The van der Waals surface area contributed by atoms with Crippen LogP contribution in [0.1, 0.15) is 20.8 Å². The highest BCUT2D eigenvalue weighted by Gasteiger charge is 2.44. The second-order valence-electron chi connectivity index (χ2n) is 3.92. The highest BCUT2D eigenvalue weighted by Crippen LogP contribution is 2.31. The second-order valence-corrected chi connectivity index (χ2v) is 6.48. The number of rotatable bonds is 7. The van der Waals surface area contributed by atoms with E-state index in [0.29, 0.717) is 25.6 Å². The zero-order valence-electron chi connectivity index (χ0n) is 11.6. The van der Waals surface area contributed by atoms with Gasteiger partial charge in [0, 0.05) is 25.0 Å². The van der Waals surface area contributed by atoms with E-state index >= 15 is 0 Å². The van der Waals surface area contributed by atoms with Gasteiger partial charge in [-0.05, 0) is 32.9 Å². The fourth-order valence-electron chi connectivity index (χ4n) is 2.03. The minimum Gasteiger partial charge on any atom is -0.454 e. The molecule has 0 fully saturated rings. The van der Waals surface area contributed by atoms with E-state index in [1.807, 2.05) is 39.0 Å². The molecule has 0 atom stereocenters. The first-order valence-electron chi connectivity index (χ1n) is 6.57. The molecule has 0 amide bonds. The Labute approximate surface area is 114 Å². The van der Waals surface area contributed by atoms with Crippen molar-refractivity contribution in [1.29, 1.82) is 0 Å². The summed E-state index contributed by atoms with van der Waals surface area (Å²) in [5.74, 6) is 1.46. The van der Waals surface area contributed by atoms with Crippen LogP contribution < -0.4 is 14.7 Å². The largest absolute Gasteiger partial charge is 0.537 e. The van der Waals surface area contributed by atoms with Crippen molar-refractivity contribution in [2.75, 3.05) is 26.6 Å². The first-order chi connectivity index (χ1) is 9.25. The van der Waals surface area contributed by atoms with Gasteiger partial charge in [-0.3, -0.25) is 0 Å². The third-order valence-corrected chi connectivity index (χ3v) is 5.75. The van der Waals surface area contributed by atoms with Gasteiger partial charge in [-0.1, -0.05) is 6.07 Å². The quantitative estimate of drug-likeness (QED) is 0.713. The van der Waals surface area contributed by atoms with E-state index < -0.39 is 8.80 Å². The Morgan fingerprint density at radius 2 is 1.53 bits per heavy atom. The minimum absolute atomic E-state index is 0.255. The number of fused-ring (bicyclic) bond motifs is 1. The molecule has 0 spiro atoms. The maximum Gasteiger partial charge on any atom is 0.537 e. The van der Waals surface area contributed by atoms with E-state index in [1.165, 1.54) is 0 Å². The van der Waals surface area contributed by atoms with E-state index in [4.69, 9.17) is 22.8 Å². The van der Waals surface area contributed by atoms with Crippen molar-refractivity contribution in [2.24, 2.45) is 0 Å². The molecule has 1 heterocycles. The Balaban J connectivity index is 2.35. The number of ether oxygens (including phenoxy) is 2. The zero-order valence-corrected chi connectivity index (χ0v) is 12.6. The molecule has 0 saturated heterocycles. The molecule has 0 aromatic heterocycles. The van der Waals surface area contributed by atoms with Gasteiger partial charge in [0.05, 0.1) is 0 Å². The summed E-state index contributed by atoms with van der Waals surface area (Å²) in [5, 5.41) is 0.905. The average molecular weight is 284 g/mol. The van der Waals surface area contributed by atoms with E-state index in [2.05, 4.69) is 0 Å². The fraction of sp³-hybridized carbons (Fsp3) is 0.538. The van der Waals surface area contributed by atoms with Crippen LogP contribution in [0.5, 0.6) is 11.5 Å². The predicted octanol–water partition coefficient (Wildman–Crippen LogP) is 1.67. The maximum atomic E-state index is 5.85. The smallest absolute Gasteiger partial charge is 0.454 e. The molecule has 6 heteroatoms. The lowest BCUT2D eigenvalue weighted by molar-refractivity contribution is 0.0858. The summed E-state index contributed by atoms with van der Waals surface area (Å²) in [6, 6.07) is 5.70. The predicted molar refractivity (Wildman–Crippen MR) is 72.8 cm³/mol. The van der Waals surface area contributed by atoms with E-state index in [-0.39, 0.29) is 6.79 Å². The van der Waals surface area contributed by atoms with Crippen molar-refractivity contribution >= 4 is 14.0 Å². The summed E-state index contributed by atoms with van der Waals surface area (Å²) in [4.78, 5) is 0. The third kappa shape index (κ3) is 2.92. The first kappa shape index (κ1) is 14.3. The summed E-state index contributed by atoms with van der Waals surface area (Å²) in [6.45, 7) is 7.69. The molecule has 19 heavy (non-hydrogen) atoms. The van der Waals surface area contributed by atoms with Crippen LogP contribution in [-0.4, -0.2) is 35.4 Å². The number of hydrogen-bond acceptors (Lipinski definition) is 5. The second kappa shape index (κ2) is 6.38. The molecule has 0 aliphatic carbocycles. The van der Waals surface area contributed by atoms with Crippen molar-refractivity contribution < 1.29 is 22.8 Å². The average Bonchev–Trinajstić information content (AvgIpc) is 2.86. The highest BCUT2D eigenvalue weighted by molar-refractivity contribution is 6.75. The molecule has 0 unspecified atom stereocenters. The standard InChI is InChI=1S/C13H20O5Si/c1-4-16-19(17-5-2,18-6-3)11-7-8-12-13(9-11)15-10-14-12/h7-9H,4-6,10H2,1-3H3. The van der Waals surface area contributed by atoms with E-state index in [9.17, 15) is 0 Å². The van der Waals surface area contributed by atoms with Crippen molar-refractivity contribution in [2.45, 2.75) is 20.8 Å². The molecule has 106 valence electrons. The monoisotopic (exact) mass is 284 g/mol. The Morgan fingerprint density at radius 3 is 2.11 bits per heavy atom. The Morgan fingerprint density at radius 1 is 0.947 bits per heavy atom. The van der Waals surface area contributed by atoms with E-state index in [1.54, 1.807) is 0 Å². The number of benzene rings is 1. The SMILES string of the molecule is CCO[Si](OCC)(OCC)c1ccc2c(c1)OCO2. The topological polar surface area (TPSA) is 46.2 Å². The van der Waals surface area contributed by atoms with Gasteiger partial charge in [-0.15, -0.1) is 0 Å². The summed E-state index contributed by atoms with van der Waals surface area (Å²) in [5.41, 5.74) is 0. The lowest BCUT2D eigenvalue weighted by atomic mass is 10.3. The fourth-order valence-corrected chi connectivity index (χ4v) is 4.52. The molecule has 1 aromatic rings. The van der Waals surface area contributed by atoms with Gasteiger partial charge < -0.3 is 22.8 Å². The maximum absolute atomic E-state index is 5.85. The molecule has 0 radical (unpaired) electrons. The van der Waals surface area contributed by atoms with E-state index in [0.717, 1.165) is 10.9 Å². The van der Waals surface area contributed by atoms with Crippen LogP contribution in [-0.2, 0) is 13.3 Å². The van der Waals surface area contributed by atoms with Gasteiger partial charge in [0.1, 0.15) is 0 Å². The van der Waals surface area contributed by atoms with Gasteiger partial charge in [-0.25, -0.2) is 0 Å². The molecular formula is C13H20O5Si. The summed E-state index contributed by atoms with van der Waals surface area (Å²) in [7, 11) is -2.85. The Bertz CT molecular complexity index is 406. The van der Waals surface area contributed by atoms with Crippen molar-refractivity contribution in [1.82, 2.24) is 0 Å². The van der Waals surface area contributed by atoms with Gasteiger partial charge in [0.25, 0.3) is 0 Å². The number of hydrogen-bond donors (Lipinski definition) is 0. The van der Waals surface area contributed by atoms with Gasteiger partial charge in [-0.2, -0.15) is 0 Å². The Hall–Kier alpha value is -1.08. The molecular weight excluding hydrogens is 264 g/mol. The third-order valence-electron chi connectivity index (χ3n) is 2.73. The molecule has 1 aliphatic rings. The van der Waals surface area contributed by atoms with Crippen LogP contribution in [0.4, 0.5) is 0 Å². The summed E-state index contributed by atoms with van der Waals surface area (Å²) in [6.07, 6.45) is 0. The molecule has 2 rings (SSSR count). The minimum atomic E-state index is -2.85. The highest BCUT2D eigenvalue weighted by atomic mass is 28.4. The van der Waals surface area contributed by atoms with Crippen LogP contribution in [0.3, 0.4) is 0 Å². The molecule has 0 N–H and O–H groups in total. The van der Waals surface area contributed by atoms with Crippen LogP contribution in [0.25, 0.3) is 0 Å². The summed E-state index contributed by atoms with van der Waals surface area (Å²) >= 11 is 0. The normalized spacial score (nSPS) is 13.8. The lowest BCUT2D eigenvalue weighted by Crippen LogP contribution is -2.56. The van der Waals surface area contributed by atoms with Crippen molar-refractivity contribution in [3.63, 3.8) is 0 Å². The van der Waals surface area contributed by atoms with Crippen LogP contribution in [0.15, 0.2) is 18.2 Å². The van der Waals surface area contributed by atoms with Crippen LogP contribution in [0.2, 0.25) is 0 Å². The van der Waals surface area contributed by atoms with Crippen LogP contribution in [0, 0.1) is 0 Å². The first-order valence-corrected chi connectivity index (χ1v) is 8.30. The lowest BCUT2D eigenvalue weighted by Gasteiger charge is -2.28. The Kier molecular flexibility index (Phi) is 4.81. The van der Waals surface area contributed by atoms with Crippen molar-refractivity contribution in [3.05, 3.63) is 18.2 Å². The molecule has 1 aromatic carbocycles. The molecule has 0 saturated carbocycles. The molecule has 0 bridgehead atoms.